The number of unbranched alkanes of at least 4 members (excludes halogenated alkanes) is 15. The van der Waals surface area contributed by atoms with Gasteiger partial charge in [-0.05, 0) is 36.6 Å². The number of nitrogens with two attached hydrogens (primary N) is 1. The first-order valence-electron chi connectivity index (χ1n) is 13.5. The zero-order chi connectivity index (χ0) is 28.4. The Hall–Kier alpha value is 1.02. The van der Waals surface area contributed by atoms with E-state index in [0.29, 0.717) is 0 Å². The molecular formula is C24H61NO6P2S2. The topological polar surface area (TPSA) is 147 Å². The first kappa shape index (κ1) is 45.9. The van der Waals surface area contributed by atoms with Gasteiger partial charge in [0.25, 0.3) is 0 Å². The molecule has 0 aromatic rings. The molecule has 220 valence electrons. The van der Waals surface area contributed by atoms with Gasteiger partial charge >= 0.3 is 13.4 Å². The van der Waals surface area contributed by atoms with Crippen LogP contribution in [0.4, 0.5) is 0 Å². The van der Waals surface area contributed by atoms with Gasteiger partial charge in [-0.2, -0.15) is 0 Å². The fourth-order valence-electron chi connectivity index (χ4n) is 2.63. The molecule has 0 saturated heterocycles. The average molecular weight is 586 g/mol. The van der Waals surface area contributed by atoms with E-state index in [2.05, 4.69) is 58.2 Å². The highest BCUT2D eigenvalue weighted by atomic mass is 32.5. The largest absolute Gasteiger partial charge is 0.330 e. The summed E-state index contributed by atoms with van der Waals surface area (Å²) in [5, 5.41) is 0. The molecule has 0 spiro atoms. The lowest BCUT2D eigenvalue weighted by Crippen LogP contribution is -1.97. The average Bonchev–Trinajstić information content (AvgIpc) is 2.74. The second-order valence-corrected chi connectivity index (χ2v) is 13.4. The summed E-state index contributed by atoms with van der Waals surface area (Å²) in [6.07, 6.45) is 25.0. The van der Waals surface area contributed by atoms with E-state index in [1.807, 2.05) is 0 Å². The molecule has 0 heterocycles. The van der Waals surface area contributed by atoms with Crippen LogP contribution in [0.15, 0.2) is 0 Å². The molecule has 0 fully saturated rings. The van der Waals surface area contributed by atoms with Gasteiger partial charge in [-0.25, -0.2) is 0 Å². The normalized spacial score (nSPS) is 10.4. The van der Waals surface area contributed by atoms with E-state index in [1.165, 1.54) is 116 Å². The number of rotatable bonds is 16. The van der Waals surface area contributed by atoms with Crippen molar-refractivity contribution in [1.29, 1.82) is 0 Å². The fourth-order valence-corrected chi connectivity index (χ4v) is 2.63. The van der Waals surface area contributed by atoms with Crippen molar-refractivity contribution < 1.29 is 29.4 Å². The van der Waals surface area contributed by atoms with Crippen LogP contribution in [-0.2, 0) is 23.6 Å². The molecule has 0 radical (unpaired) electrons. The van der Waals surface area contributed by atoms with Crippen LogP contribution in [0.5, 0.6) is 0 Å². The first-order valence-corrected chi connectivity index (χ1v) is 18.8. The lowest BCUT2D eigenvalue weighted by atomic mass is 10.1. The molecule has 0 saturated carbocycles. The Morgan fingerprint density at radius 1 is 0.400 bits per heavy atom. The Morgan fingerprint density at radius 2 is 0.543 bits per heavy atom. The lowest BCUT2D eigenvalue weighted by Gasteiger charge is -2.00. The second kappa shape index (κ2) is 39.5. The molecule has 7 nitrogen and oxygen atoms in total. The van der Waals surface area contributed by atoms with Crippen molar-refractivity contribution in [2.45, 2.75) is 150 Å². The summed E-state index contributed by atoms with van der Waals surface area (Å²) in [4.78, 5) is 45.3. The van der Waals surface area contributed by atoms with Crippen molar-refractivity contribution in [1.82, 2.24) is 0 Å². The number of hydrogen-bond acceptors (Lipinski definition) is 3. The predicted molar refractivity (Wildman–Crippen MR) is 162 cm³/mol. The van der Waals surface area contributed by atoms with Crippen molar-refractivity contribution in [3.63, 3.8) is 0 Å². The van der Waals surface area contributed by atoms with Crippen LogP contribution >= 0.6 is 13.4 Å². The monoisotopic (exact) mass is 585 g/mol. The fraction of sp³-hybridized carbons (Fsp3) is 1.00. The van der Waals surface area contributed by atoms with E-state index in [9.17, 15) is 0 Å². The highest BCUT2D eigenvalue weighted by molar-refractivity contribution is 8.06. The minimum absolute atomic E-state index is 0.872. The zero-order valence-corrected chi connectivity index (χ0v) is 26.8. The van der Waals surface area contributed by atoms with E-state index < -0.39 is 13.4 Å². The summed E-state index contributed by atoms with van der Waals surface area (Å²) in [5.74, 6) is 0. The summed E-state index contributed by atoms with van der Waals surface area (Å²) in [6.45, 7) is 4.46. The molecular weight excluding hydrogens is 524 g/mol. The van der Waals surface area contributed by atoms with Gasteiger partial charge in [-0.15, -0.1) is 0 Å². The van der Waals surface area contributed by atoms with Crippen LogP contribution < -0.4 is 5.73 Å². The maximum atomic E-state index is 7.56. The van der Waals surface area contributed by atoms with Crippen molar-refractivity contribution in [3.8, 4) is 0 Å². The van der Waals surface area contributed by atoms with Gasteiger partial charge < -0.3 is 35.1 Å². The third kappa shape index (κ3) is 132. The van der Waals surface area contributed by atoms with E-state index >= 15 is 0 Å². The molecule has 0 aromatic carbocycles. The Morgan fingerprint density at radius 3 is 0.714 bits per heavy atom. The van der Waals surface area contributed by atoms with Gasteiger partial charge in [0, 0.05) is 0 Å². The maximum absolute atomic E-state index is 7.56. The van der Waals surface area contributed by atoms with Gasteiger partial charge in [0.1, 0.15) is 0 Å². The van der Waals surface area contributed by atoms with Gasteiger partial charge in [0.05, 0.1) is 0 Å². The van der Waals surface area contributed by atoms with Crippen LogP contribution in [0, 0.1) is 0 Å². The summed E-state index contributed by atoms with van der Waals surface area (Å²) < 4.78 is 0. The third-order valence-electron chi connectivity index (χ3n) is 4.47. The maximum Gasteiger partial charge on any atom is 0.319 e. The summed E-state index contributed by atoms with van der Waals surface area (Å²) in [6, 6.07) is 0. The minimum atomic E-state index is -3.81. The highest BCUT2D eigenvalue weighted by Crippen LogP contribution is 2.27. The molecule has 0 aliphatic rings. The van der Waals surface area contributed by atoms with Crippen LogP contribution in [-0.4, -0.2) is 35.9 Å². The summed E-state index contributed by atoms with van der Waals surface area (Å²) >= 11 is 7.21. The Balaban J connectivity index is -0.000000116. The quantitative estimate of drug-likeness (QED) is 0.0726. The smallest absolute Gasteiger partial charge is 0.319 e. The van der Waals surface area contributed by atoms with E-state index in [4.69, 9.17) is 35.1 Å². The molecule has 0 bridgehead atoms. The molecule has 0 atom stereocenters. The van der Waals surface area contributed by atoms with Gasteiger partial charge in [-0.3, -0.25) is 0 Å². The molecule has 11 heteroatoms. The zero-order valence-electron chi connectivity index (χ0n) is 23.4. The predicted octanol–water partition coefficient (Wildman–Crippen LogP) is 7.41. The molecule has 35 heavy (non-hydrogen) atoms. The molecule has 0 rings (SSSR count). The minimum Gasteiger partial charge on any atom is -0.330 e. The molecule has 8 N–H and O–H groups in total. The first-order chi connectivity index (χ1) is 16.2. The lowest BCUT2D eigenvalue weighted by molar-refractivity contribution is 0.361. The van der Waals surface area contributed by atoms with Crippen LogP contribution in [0.2, 0.25) is 0 Å². The second-order valence-electron chi connectivity index (χ2n) is 8.41. The Kier molecular flexibility index (Phi) is 51.9. The van der Waals surface area contributed by atoms with E-state index in [1.54, 1.807) is 0 Å². The highest BCUT2D eigenvalue weighted by Gasteiger charge is 1.93. The van der Waals surface area contributed by atoms with Crippen LogP contribution in [0.1, 0.15) is 150 Å². The van der Waals surface area contributed by atoms with Crippen LogP contribution in [0.25, 0.3) is 0 Å². The van der Waals surface area contributed by atoms with E-state index in [-0.39, 0.29) is 0 Å². The molecule has 0 aromatic heterocycles. The molecule has 0 aliphatic heterocycles. The molecule has 0 amide bonds. The SMILES string of the molecule is CCCCCC.CCCCCC.CCCCCCCCCCCCN.OP(O)(O)=S.OP(O)(O)=S. The van der Waals surface area contributed by atoms with Crippen molar-refractivity contribution in [2.24, 2.45) is 5.73 Å². The van der Waals surface area contributed by atoms with Gasteiger partial charge in [-0.1, -0.05) is 144 Å². The van der Waals surface area contributed by atoms with Crippen LogP contribution in [0.3, 0.4) is 0 Å². The summed E-state index contributed by atoms with van der Waals surface area (Å²) in [5.41, 5.74) is 5.42. The number of hydrogen-bond donors (Lipinski definition) is 7. The standard InChI is InChI=1S/C12H27N.2C6H14.2H3O3PS/c1-2-3-4-5-6-7-8-9-10-11-12-13;2*1-3-5-6-4-2;2*1-4(2,3)5/h2-13H2,1H3;2*3-6H2,1-2H3;2*(H3,1,2,3,5). The van der Waals surface area contributed by atoms with Gasteiger partial charge in [0.15, 0.2) is 0 Å². The summed E-state index contributed by atoms with van der Waals surface area (Å²) in [7, 11) is 0. The third-order valence-corrected chi connectivity index (χ3v) is 4.47. The Bertz CT molecular complexity index is 376. The van der Waals surface area contributed by atoms with Crippen molar-refractivity contribution in [2.75, 3.05) is 6.54 Å². The molecule has 0 unspecified atom stereocenters. The van der Waals surface area contributed by atoms with Gasteiger partial charge in [0.2, 0.25) is 0 Å². The van der Waals surface area contributed by atoms with Crippen molar-refractivity contribution in [3.05, 3.63) is 0 Å². The van der Waals surface area contributed by atoms with E-state index in [0.717, 1.165) is 6.54 Å². The Labute approximate surface area is 228 Å². The molecule has 0 aliphatic carbocycles. The van der Waals surface area contributed by atoms with Crippen molar-refractivity contribution >= 4 is 37.1 Å².